The molecule has 0 saturated heterocycles. The second-order valence-corrected chi connectivity index (χ2v) is 6.30. The standard InChI is InChI=1S/C25H21NO3/c1-3-23(27)18-19-10-12-21(13-11-19)26(20-8-6-5-7-9-20)22-14-16-24(17-15-22)29-25(28)4-2/h3-17H,1-2,18H2. The topological polar surface area (TPSA) is 46.6 Å². The van der Waals surface area contributed by atoms with Gasteiger partial charge in [-0.1, -0.05) is 43.5 Å². The van der Waals surface area contributed by atoms with Crippen LogP contribution in [0.4, 0.5) is 17.1 Å². The van der Waals surface area contributed by atoms with Gasteiger partial charge < -0.3 is 9.64 Å². The van der Waals surface area contributed by atoms with Gasteiger partial charge in [-0.3, -0.25) is 4.79 Å². The number of hydrogen-bond donors (Lipinski definition) is 0. The minimum atomic E-state index is -0.498. The highest BCUT2D eigenvalue weighted by Crippen LogP contribution is 2.35. The van der Waals surface area contributed by atoms with Gasteiger partial charge in [-0.25, -0.2) is 4.79 Å². The summed E-state index contributed by atoms with van der Waals surface area (Å²) in [5.41, 5.74) is 3.77. The van der Waals surface area contributed by atoms with E-state index in [9.17, 15) is 9.59 Å². The van der Waals surface area contributed by atoms with Crippen LogP contribution in [-0.4, -0.2) is 11.8 Å². The van der Waals surface area contributed by atoms with Crippen LogP contribution in [0.2, 0.25) is 0 Å². The molecular weight excluding hydrogens is 362 g/mol. The summed E-state index contributed by atoms with van der Waals surface area (Å²) in [6.45, 7) is 6.92. The number of ether oxygens (including phenoxy) is 1. The molecule has 3 aromatic rings. The van der Waals surface area contributed by atoms with E-state index in [1.54, 1.807) is 12.1 Å². The van der Waals surface area contributed by atoms with Gasteiger partial charge in [0.05, 0.1) is 0 Å². The summed E-state index contributed by atoms with van der Waals surface area (Å²) >= 11 is 0. The number of esters is 1. The molecule has 144 valence electrons. The predicted molar refractivity (Wildman–Crippen MR) is 116 cm³/mol. The molecule has 0 fully saturated rings. The summed E-state index contributed by atoms with van der Waals surface area (Å²) in [6, 6.07) is 25.0. The molecule has 0 aliphatic rings. The number of anilines is 3. The minimum absolute atomic E-state index is 0.0117. The normalized spacial score (nSPS) is 10.1. The number of rotatable bonds is 8. The SMILES string of the molecule is C=CC(=O)Cc1ccc(N(c2ccccc2)c2ccc(OC(=O)C=C)cc2)cc1. The van der Waals surface area contributed by atoms with Crippen LogP contribution in [0.1, 0.15) is 5.56 Å². The maximum Gasteiger partial charge on any atom is 0.335 e. The molecule has 0 radical (unpaired) electrons. The summed E-state index contributed by atoms with van der Waals surface area (Å²) in [4.78, 5) is 25.1. The molecule has 0 heterocycles. The van der Waals surface area contributed by atoms with Gasteiger partial charge in [0, 0.05) is 29.6 Å². The number of ketones is 1. The Morgan fingerprint density at radius 1 is 0.759 bits per heavy atom. The average molecular weight is 383 g/mol. The van der Waals surface area contributed by atoms with Crippen molar-refractivity contribution in [3.8, 4) is 5.75 Å². The van der Waals surface area contributed by atoms with Crippen LogP contribution in [0.3, 0.4) is 0 Å². The molecule has 0 unspecified atom stereocenters. The third-order valence-electron chi connectivity index (χ3n) is 4.29. The summed E-state index contributed by atoms with van der Waals surface area (Å²) < 4.78 is 5.16. The van der Waals surface area contributed by atoms with Gasteiger partial charge in [0.2, 0.25) is 0 Å². The molecule has 0 N–H and O–H groups in total. The molecule has 0 spiro atoms. The second-order valence-electron chi connectivity index (χ2n) is 6.30. The molecule has 3 aromatic carbocycles. The van der Waals surface area contributed by atoms with Crippen LogP contribution in [0.15, 0.2) is 104 Å². The molecular formula is C25H21NO3. The molecule has 0 aliphatic carbocycles. The van der Waals surface area contributed by atoms with Crippen molar-refractivity contribution < 1.29 is 14.3 Å². The van der Waals surface area contributed by atoms with Crippen LogP contribution in [-0.2, 0) is 16.0 Å². The fourth-order valence-electron chi connectivity index (χ4n) is 2.88. The van der Waals surface area contributed by atoms with E-state index in [0.717, 1.165) is 28.7 Å². The Hall–Kier alpha value is -3.92. The van der Waals surface area contributed by atoms with E-state index < -0.39 is 5.97 Å². The highest BCUT2D eigenvalue weighted by molar-refractivity contribution is 5.91. The molecule has 0 aromatic heterocycles. The van der Waals surface area contributed by atoms with E-state index in [0.29, 0.717) is 12.2 Å². The summed E-state index contributed by atoms with van der Waals surface area (Å²) in [5.74, 6) is -0.0606. The molecule has 0 bridgehead atoms. The van der Waals surface area contributed by atoms with Crippen LogP contribution in [0, 0.1) is 0 Å². The van der Waals surface area contributed by atoms with Crippen molar-refractivity contribution in [3.63, 3.8) is 0 Å². The van der Waals surface area contributed by atoms with E-state index in [2.05, 4.69) is 18.1 Å². The first kappa shape index (κ1) is 19.8. The van der Waals surface area contributed by atoms with E-state index in [1.165, 1.54) is 6.08 Å². The minimum Gasteiger partial charge on any atom is -0.423 e. The number of allylic oxidation sites excluding steroid dienone is 1. The molecule has 29 heavy (non-hydrogen) atoms. The number of para-hydroxylation sites is 1. The van der Waals surface area contributed by atoms with Crippen LogP contribution in [0.25, 0.3) is 0 Å². The van der Waals surface area contributed by atoms with E-state index in [1.807, 2.05) is 66.7 Å². The maximum absolute atomic E-state index is 11.6. The fourth-order valence-corrected chi connectivity index (χ4v) is 2.88. The largest absolute Gasteiger partial charge is 0.423 e. The van der Waals surface area contributed by atoms with E-state index in [-0.39, 0.29) is 5.78 Å². The Labute approximate surface area is 170 Å². The summed E-state index contributed by atoms with van der Waals surface area (Å²) in [5, 5.41) is 0. The van der Waals surface area contributed by atoms with Gasteiger partial charge in [-0.15, -0.1) is 0 Å². The third kappa shape index (κ3) is 5.08. The van der Waals surface area contributed by atoms with Gasteiger partial charge in [-0.05, 0) is 60.2 Å². The van der Waals surface area contributed by atoms with Crippen molar-refractivity contribution in [1.82, 2.24) is 0 Å². The number of benzene rings is 3. The predicted octanol–water partition coefficient (Wildman–Crippen LogP) is 5.55. The first-order chi connectivity index (χ1) is 14.1. The lowest BCUT2D eigenvalue weighted by Gasteiger charge is -2.25. The molecule has 4 heteroatoms. The van der Waals surface area contributed by atoms with Gasteiger partial charge in [0.25, 0.3) is 0 Å². The first-order valence-corrected chi connectivity index (χ1v) is 9.14. The van der Waals surface area contributed by atoms with Crippen molar-refractivity contribution in [1.29, 1.82) is 0 Å². The molecule has 0 saturated carbocycles. The summed E-state index contributed by atoms with van der Waals surface area (Å²) in [6.07, 6.45) is 2.80. The zero-order valence-corrected chi connectivity index (χ0v) is 16.0. The van der Waals surface area contributed by atoms with Crippen molar-refractivity contribution in [2.45, 2.75) is 6.42 Å². The van der Waals surface area contributed by atoms with Crippen LogP contribution < -0.4 is 9.64 Å². The van der Waals surface area contributed by atoms with Crippen molar-refractivity contribution in [2.75, 3.05) is 4.90 Å². The van der Waals surface area contributed by atoms with Crippen molar-refractivity contribution in [2.24, 2.45) is 0 Å². The molecule has 0 amide bonds. The monoisotopic (exact) mass is 383 g/mol. The molecule has 0 aliphatic heterocycles. The number of nitrogens with zero attached hydrogens (tertiary/aromatic N) is 1. The zero-order valence-electron chi connectivity index (χ0n) is 16.0. The lowest BCUT2D eigenvalue weighted by molar-refractivity contribution is -0.129. The van der Waals surface area contributed by atoms with Crippen molar-refractivity contribution in [3.05, 3.63) is 110 Å². The van der Waals surface area contributed by atoms with Crippen LogP contribution in [0.5, 0.6) is 5.75 Å². The highest BCUT2D eigenvalue weighted by Gasteiger charge is 2.13. The number of carbonyl (C=O) groups excluding carboxylic acids is 2. The fraction of sp³-hybridized carbons (Fsp3) is 0.0400. The van der Waals surface area contributed by atoms with Gasteiger partial charge in [0.15, 0.2) is 5.78 Å². The quantitative estimate of drug-likeness (QED) is 0.291. The van der Waals surface area contributed by atoms with Gasteiger partial charge in [-0.2, -0.15) is 0 Å². The molecule has 4 nitrogen and oxygen atoms in total. The van der Waals surface area contributed by atoms with Crippen LogP contribution >= 0.6 is 0 Å². The average Bonchev–Trinajstić information content (AvgIpc) is 2.77. The maximum atomic E-state index is 11.6. The zero-order chi connectivity index (χ0) is 20.6. The van der Waals surface area contributed by atoms with E-state index in [4.69, 9.17) is 4.74 Å². The third-order valence-corrected chi connectivity index (χ3v) is 4.29. The Kier molecular flexibility index (Phi) is 6.38. The Bertz CT molecular complexity index is 941. The Morgan fingerprint density at radius 3 is 1.86 bits per heavy atom. The van der Waals surface area contributed by atoms with Gasteiger partial charge in [0.1, 0.15) is 5.75 Å². The number of carbonyl (C=O) groups is 2. The molecule has 0 atom stereocenters. The molecule has 3 rings (SSSR count). The lowest BCUT2D eigenvalue weighted by atomic mass is 10.1. The van der Waals surface area contributed by atoms with E-state index >= 15 is 0 Å². The Balaban J connectivity index is 1.93. The smallest absolute Gasteiger partial charge is 0.335 e. The summed E-state index contributed by atoms with van der Waals surface area (Å²) in [7, 11) is 0. The lowest BCUT2D eigenvalue weighted by Crippen LogP contribution is -2.10. The van der Waals surface area contributed by atoms with Gasteiger partial charge >= 0.3 is 5.97 Å². The highest BCUT2D eigenvalue weighted by atomic mass is 16.5. The Morgan fingerprint density at radius 2 is 1.31 bits per heavy atom. The second kappa shape index (κ2) is 9.33. The number of hydrogen-bond acceptors (Lipinski definition) is 4. The first-order valence-electron chi connectivity index (χ1n) is 9.14. The van der Waals surface area contributed by atoms with Crippen molar-refractivity contribution >= 4 is 28.8 Å².